The molecule has 3 N–H and O–H groups in total. The molecule has 2 fully saturated rings. The van der Waals surface area contributed by atoms with Crippen molar-refractivity contribution in [3.05, 3.63) is 34.9 Å². The van der Waals surface area contributed by atoms with Crippen molar-refractivity contribution in [2.45, 2.75) is 37.6 Å². The van der Waals surface area contributed by atoms with Crippen LogP contribution in [0.2, 0.25) is 0 Å². The quantitative estimate of drug-likeness (QED) is 0.586. The van der Waals surface area contributed by atoms with Gasteiger partial charge in [-0.1, -0.05) is 12.1 Å². The summed E-state index contributed by atoms with van der Waals surface area (Å²) in [6.45, 7) is 2.76. The van der Waals surface area contributed by atoms with E-state index in [-0.39, 0.29) is 18.2 Å². The Kier molecular flexibility index (Phi) is 4.49. The third kappa shape index (κ3) is 3.24. The summed E-state index contributed by atoms with van der Waals surface area (Å²) >= 11 is 0. The number of carbonyl (C=O) groups excluding carboxylic acids is 3. The van der Waals surface area contributed by atoms with Gasteiger partial charge in [0.05, 0.1) is 0 Å². The van der Waals surface area contributed by atoms with Gasteiger partial charge in [-0.3, -0.25) is 24.6 Å². The van der Waals surface area contributed by atoms with E-state index in [9.17, 15) is 19.5 Å². The van der Waals surface area contributed by atoms with Crippen LogP contribution in [0.1, 0.15) is 34.3 Å². The third-order valence-electron chi connectivity index (χ3n) is 5.61. The average molecular weight is 372 g/mol. The molecule has 8 nitrogen and oxygen atoms in total. The molecule has 4 rings (SSSR count). The summed E-state index contributed by atoms with van der Waals surface area (Å²) in [6, 6.07) is 5.05. The number of likely N-dealkylation sites (tertiary alicyclic amines) is 1. The van der Waals surface area contributed by atoms with Gasteiger partial charge in [0.25, 0.3) is 5.91 Å². The monoisotopic (exact) mass is 372 g/mol. The molecule has 0 aromatic heterocycles. The van der Waals surface area contributed by atoms with Gasteiger partial charge in [-0.25, -0.2) is 0 Å². The van der Waals surface area contributed by atoms with Crippen molar-refractivity contribution >= 4 is 17.7 Å². The molecule has 0 bridgehead atoms. The minimum Gasteiger partial charge on any atom is -0.386 e. The SMILES string of the molecule is CNCC1(O)CN(Cc2cccc3c2CN(C2CCC(=O)NC2=O)C3=O)C1. The summed E-state index contributed by atoms with van der Waals surface area (Å²) in [6.07, 6.45) is 0.615. The Labute approximate surface area is 157 Å². The maximum Gasteiger partial charge on any atom is 0.255 e. The smallest absolute Gasteiger partial charge is 0.255 e. The second kappa shape index (κ2) is 6.70. The number of imide groups is 1. The van der Waals surface area contributed by atoms with Crippen molar-refractivity contribution in [1.82, 2.24) is 20.4 Å². The van der Waals surface area contributed by atoms with Gasteiger partial charge in [0, 0.05) is 44.7 Å². The van der Waals surface area contributed by atoms with Crippen molar-refractivity contribution in [2.75, 3.05) is 26.7 Å². The van der Waals surface area contributed by atoms with E-state index in [4.69, 9.17) is 0 Å². The minimum atomic E-state index is -0.693. The number of benzene rings is 1. The predicted molar refractivity (Wildman–Crippen MR) is 96.6 cm³/mol. The molecule has 0 spiro atoms. The van der Waals surface area contributed by atoms with Gasteiger partial charge >= 0.3 is 0 Å². The highest BCUT2D eigenvalue weighted by Gasteiger charge is 2.42. The zero-order valence-corrected chi connectivity index (χ0v) is 15.3. The summed E-state index contributed by atoms with van der Waals surface area (Å²) in [5, 5.41) is 15.6. The van der Waals surface area contributed by atoms with E-state index in [0.29, 0.717) is 44.7 Å². The normalized spacial score (nSPS) is 24.6. The lowest BCUT2D eigenvalue weighted by atomic mass is 9.92. The Morgan fingerprint density at radius 1 is 1.30 bits per heavy atom. The van der Waals surface area contributed by atoms with Crippen LogP contribution in [0.4, 0.5) is 0 Å². The molecule has 0 aliphatic carbocycles. The third-order valence-corrected chi connectivity index (χ3v) is 5.61. The number of carbonyl (C=O) groups is 3. The highest BCUT2D eigenvalue weighted by molar-refractivity contribution is 6.05. The van der Waals surface area contributed by atoms with Crippen molar-refractivity contribution in [3.8, 4) is 0 Å². The van der Waals surface area contributed by atoms with E-state index in [0.717, 1.165) is 11.1 Å². The molecular formula is C19H24N4O4. The fourth-order valence-corrected chi connectivity index (χ4v) is 4.38. The number of β-amino-alcohol motifs (C(OH)–C–C–N with tert-alkyl or cyclic N) is 1. The molecule has 0 radical (unpaired) electrons. The van der Waals surface area contributed by atoms with Gasteiger partial charge in [0.2, 0.25) is 11.8 Å². The fraction of sp³-hybridized carbons (Fsp3) is 0.526. The number of nitrogens with one attached hydrogen (secondary N) is 2. The number of aliphatic hydroxyl groups is 1. The van der Waals surface area contributed by atoms with E-state index >= 15 is 0 Å². The molecule has 3 aliphatic rings. The van der Waals surface area contributed by atoms with Crippen molar-refractivity contribution in [2.24, 2.45) is 0 Å². The highest BCUT2D eigenvalue weighted by atomic mass is 16.3. The van der Waals surface area contributed by atoms with E-state index in [2.05, 4.69) is 15.5 Å². The zero-order valence-electron chi connectivity index (χ0n) is 15.3. The average Bonchev–Trinajstić information content (AvgIpc) is 2.92. The van der Waals surface area contributed by atoms with Crippen LogP contribution in [0.25, 0.3) is 0 Å². The van der Waals surface area contributed by atoms with Crippen LogP contribution in [0.3, 0.4) is 0 Å². The van der Waals surface area contributed by atoms with E-state index in [1.807, 2.05) is 19.2 Å². The molecule has 1 atom stereocenters. The summed E-state index contributed by atoms with van der Waals surface area (Å²) in [5.74, 6) is -0.835. The topological polar surface area (TPSA) is 102 Å². The Balaban J connectivity index is 1.48. The first-order valence-electron chi connectivity index (χ1n) is 9.25. The number of piperidine rings is 1. The first-order valence-corrected chi connectivity index (χ1v) is 9.25. The maximum atomic E-state index is 12.8. The maximum absolute atomic E-state index is 12.8. The van der Waals surface area contributed by atoms with Gasteiger partial charge in [0.1, 0.15) is 11.6 Å². The zero-order chi connectivity index (χ0) is 19.2. The number of hydrogen-bond donors (Lipinski definition) is 3. The minimum absolute atomic E-state index is 0.156. The Hall–Kier alpha value is -2.29. The molecule has 144 valence electrons. The lowest BCUT2D eigenvalue weighted by Crippen LogP contribution is -2.65. The second-order valence-electron chi connectivity index (χ2n) is 7.74. The predicted octanol–water partition coefficient (Wildman–Crippen LogP) is -0.786. The number of likely N-dealkylation sites (N-methyl/N-ethyl adjacent to an activating group) is 1. The van der Waals surface area contributed by atoms with Crippen molar-refractivity contribution in [3.63, 3.8) is 0 Å². The van der Waals surface area contributed by atoms with Gasteiger partial charge in [0.15, 0.2) is 0 Å². The largest absolute Gasteiger partial charge is 0.386 e. The second-order valence-corrected chi connectivity index (χ2v) is 7.74. The fourth-order valence-electron chi connectivity index (χ4n) is 4.38. The molecule has 1 aromatic rings. The highest BCUT2D eigenvalue weighted by Crippen LogP contribution is 2.32. The van der Waals surface area contributed by atoms with Gasteiger partial charge in [-0.15, -0.1) is 0 Å². The van der Waals surface area contributed by atoms with E-state index in [1.54, 1.807) is 11.0 Å². The van der Waals surface area contributed by atoms with Gasteiger partial charge in [-0.05, 0) is 30.7 Å². The molecule has 3 heterocycles. The molecular weight excluding hydrogens is 348 g/mol. The molecule has 1 aromatic carbocycles. The number of fused-ring (bicyclic) bond motifs is 1. The van der Waals surface area contributed by atoms with Crippen LogP contribution in [-0.2, 0) is 22.7 Å². The Bertz CT molecular complexity index is 803. The Morgan fingerprint density at radius 3 is 2.78 bits per heavy atom. The van der Waals surface area contributed by atoms with Crippen LogP contribution in [0, 0.1) is 0 Å². The van der Waals surface area contributed by atoms with Gasteiger partial charge in [-0.2, -0.15) is 0 Å². The molecule has 0 saturated carbocycles. The number of rotatable bonds is 5. The number of amides is 3. The molecule has 3 aliphatic heterocycles. The first-order chi connectivity index (χ1) is 12.9. The Morgan fingerprint density at radius 2 is 2.07 bits per heavy atom. The lowest BCUT2D eigenvalue weighted by Gasteiger charge is -2.46. The first kappa shape index (κ1) is 18.1. The number of hydrogen-bond acceptors (Lipinski definition) is 6. The van der Waals surface area contributed by atoms with Gasteiger partial charge < -0.3 is 15.3 Å². The lowest BCUT2D eigenvalue weighted by molar-refractivity contribution is -0.136. The standard InChI is InChI=1S/C19H24N4O4/c1-20-9-19(27)10-22(11-19)7-12-3-2-4-13-14(12)8-23(18(13)26)15-5-6-16(24)21-17(15)25/h2-4,15,20,27H,5-11H2,1H3,(H,21,24,25). The van der Waals surface area contributed by atoms with Crippen molar-refractivity contribution in [1.29, 1.82) is 0 Å². The molecule has 2 saturated heterocycles. The molecule has 1 unspecified atom stereocenters. The summed E-state index contributed by atoms with van der Waals surface area (Å²) in [7, 11) is 1.82. The van der Waals surface area contributed by atoms with E-state index < -0.39 is 17.6 Å². The van der Waals surface area contributed by atoms with Crippen LogP contribution in [0.15, 0.2) is 18.2 Å². The molecule has 3 amide bonds. The van der Waals surface area contributed by atoms with Crippen LogP contribution < -0.4 is 10.6 Å². The summed E-state index contributed by atoms with van der Waals surface area (Å²) in [4.78, 5) is 40.1. The van der Waals surface area contributed by atoms with E-state index in [1.165, 1.54) is 0 Å². The molecule has 27 heavy (non-hydrogen) atoms. The summed E-state index contributed by atoms with van der Waals surface area (Å²) in [5.41, 5.74) is 1.92. The van der Waals surface area contributed by atoms with Crippen LogP contribution in [0.5, 0.6) is 0 Å². The van der Waals surface area contributed by atoms with Crippen molar-refractivity contribution < 1.29 is 19.5 Å². The number of nitrogens with zero attached hydrogens (tertiary/aromatic N) is 2. The van der Waals surface area contributed by atoms with Crippen LogP contribution in [-0.4, -0.2) is 71.0 Å². The van der Waals surface area contributed by atoms with Crippen LogP contribution >= 0.6 is 0 Å². The summed E-state index contributed by atoms with van der Waals surface area (Å²) < 4.78 is 0. The molecule has 8 heteroatoms.